The smallest absolute Gasteiger partial charge is 0.872 e. The van der Waals surface area contributed by atoms with Crippen molar-refractivity contribution in [2.24, 2.45) is 0 Å². The van der Waals surface area contributed by atoms with E-state index in [-0.39, 0.29) is 43.5 Å². The van der Waals surface area contributed by atoms with Gasteiger partial charge in [-0.05, 0) is 79.3 Å². The van der Waals surface area contributed by atoms with Crippen LogP contribution in [0.1, 0.15) is 89.2 Å². The van der Waals surface area contributed by atoms with Crippen LogP contribution in [0.25, 0.3) is 0 Å². The predicted octanol–water partition coefficient (Wildman–Crippen LogP) is 8.53. The van der Waals surface area contributed by atoms with Crippen LogP contribution in [0, 0.1) is 0 Å². The van der Waals surface area contributed by atoms with Gasteiger partial charge in [0.1, 0.15) is 43.8 Å². The van der Waals surface area contributed by atoms with Crippen LogP contribution in [0.4, 0.5) is 0 Å². The van der Waals surface area contributed by atoms with Crippen LogP contribution in [0.2, 0.25) is 0 Å². The molecule has 10 nitrogen and oxygen atoms in total. The van der Waals surface area contributed by atoms with Gasteiger partial charge in [0.2, 0.25) is 0 Å². The van der Waals surface area contributed by atoms with Crippen molar-refractivity contribution in [3.8, 4) is 34.5 Å². The maximum atomic E-state index is 11.8. The van der Waals surface area contributed by atoms with Gasteiger partial charge in [-0.2, -0.15) is 8.42 Å². The molecule has 0 atom stereocenters. The van der Waals surface area contributed by atoms with E-state index in [2.05, 4.69) is 13.8 Å². The summed E-state index contributed by atoms with van der Waals surface area (Å²) in [4.78, 5) is -1.30. The number of phenolic OH excluding ortho intramolecular Hbond substituents is 1. The minimum atomic E-state index is -4.77. The zero-order chi connectivity index (χ0) is 36.6. The first-order chi connectivity index (χ1) is 23.8. The van der Waals surface area contributed by atoms with E-state index in [1.165, 1.54) is 63.1 Å². The Hall–Kier alpha value is -2.84. The summed E-state index contributed by atoms with van der Waals surface area (Å²) in [5.74, 6) is 0.438. The van der Waals surface area contributed by atoms with Gasteiger partial charge in [0.15, 0.2) is 0 Å². The number of aryl methyl sites for hydroxylation is 2. The molecule has 0 saturated carbocycles. The molecule has 272 valence electrons. The van der Waals surface area contributed by atoms with E-state index >= 15 is 0 Å². The van der Waals surface area contributed by atoms with Gasteiger partial charge in [0, 0.05) is 11.0 Å². The number of hydrogen-bond acceptors (Lipinski definition) is 9. The first kappa shape index (κ1) is 44.3. The van der Waals surface area contributed by atoms with Crippen LogP contribution in [-0.4, -0.2) is 68.8 Å². The maximum absolute atomic E-state index is 11.8. The Morgan fingerprint density at radius 1 is 0.608 bits per heavy atom. The largest absolute Gasteiger partial charge is 2.00 e. The first-order valence-electron chi connectivity index (χ1n) is 16.9. The SMILES string of the molecule is CCCCCCCc1ccccc1Oc1ccc(S(=O)(=O)O)c(O)c1.CCCCCCCc1ccccc1Oc1ccc(S(=O)(=O)[O-])c([O-])c1.[Ca+2]. The third kappa shape index (κ3) is 15.3. The van der Waals surface area contributed by atoms with Gasteiger partial charge in [0.25, 0.3) is 10.1 Å². The zero-order valence-corrected chi connectivity index (χ0v) is 33.1. The maximum Gasteiger partial charge on any atom is 2.00 e. The summed E-state index contributed by atoms with van der Waals surface area (Å²) in [5.41, 5.74) is 2.10. The van der Waals surface area contributed by atoms with Gasteiger partial charge in [-0.25, -0.2) is 8.42 Å². The number of rotatable bonds is 18. The van der Waals surface area contributed by atoms with Crippen molar-refractivity contribution in [3.05, 3.63) is 96.1 Å². The van der Waals surface area contributed by atoms with Gasteiger partial charge in [0.05, 0.1) is 0 Å². The van der Waals surface area contributed by atoms with Crippen molar-refractivity contribution >= 4 is 58.0 Å². The van der Waals surface area contributed by atoms with Gasteiger partial charge in [-0.3, -0.25) is 4.55 Å². The Morgan fingerprint density at radius 3 is 1.45 bits per heavy atom. The molecule has 0 fully saturated rings. The van der Waals surface area contributed by atoms with Crippen molar-refractivity contribution in [3.63, 3.8) is 0 Å². The number of para-hydroxylation sites is 2. The van der Waals surface area contributed by atoms with Crippen molar-refractivity contribution in [2.45, 2.75) is 101 Å². The molecule has 0 aliphatic rings. The number of unbranched alkanes of at least 4 members (excludes halogenated alkanes) is 8. The molecule has 0 amide bonds. The molecule has 4 aromatic carbocycles. The van der Waals surface area contributed by atoms with E-state index in [4.69, 9.17) is 14.0 Å². The second-order valence-corrected chi connectivity index (χ2v) is 14.7. The van der Waals surface area contributed by atoms with Gasteiger partial charge >= 0.3 is 37.7 Å². The fourth-order valence-corrected chi connectivity index (χ4v) is 6.35. The molecular formula is C38H46CaO10S2. The van der Waals surface area contributed by atoms with Crippen LogP contribution < -0.4 is 14.6 Å². The standard InChI is InChI=1S/2C19H24O5S.Ca/c2*1-2-3-4-5-6-9-15-10-7-8-11-18(15)24-16-12-13-19(17(20)14-16)25(21,22)23;/h2*7-8,10-14,20H,2-6,9H2,1H3,(H,21,22,23);/q;;+2/p-2. The molecule has 0 saturated heterocycles. The summed E-state index contributed by atoms with van der Waals surface area (Å²) in [5, 5.41) is 21.6. The predicted molar refractivity (Wildman–Crippen MR) is 195 cm³/mol. The average Bonchev–Trinajstić information content (AvgIpc) is 3.05. The Kier molecular flexibility index (Phi) is 19.4. The summed E-state index contributed by atoms with van der Waals surface area (Å²) in [6.45, 7) is 4.36. The Balaban J connectivity index is 0.000000347. The average molecular weight is 767 g/mol. The van der Waals surface area contributed by atoms with Crippen molar-refractivity contribution < 1.29 is 45.6 Å². The fraction of sp³-hybridized carbons (Fsp3) is 0.368. The molecule has 0 spiro atoms. The third-order valence-corrected chi connectivity index (χ3v) is 9.67. The molecule has 0 aliphatic heterocycles. The Morgan fingerprint density at radius 2 is 1.04 bits per heavy atom. The van der Waals surface area contributed by atoms with Crippen molar-refractivity contribution in [1.29, 1.82) is 0 Å². The van der Waals surface area contributed by atoms with E-state index in [1.54, 1.807) is 0 Å². The van der Waals surface area contributed by atoms with Crippen LogP contribution in [0.15, 0.2) is 94.7 Å². The topological polar surface area (TPSA) is 173 Å². The molecule has 13 heteroatoms. The molecular weight excluding hydrogens is 721 g/mol. The molecule has 0 aromatic heterocycles. The van der Waals surface area contributed by atoms with Crippen LogP contribution >= 0.6 is 0 Å². The van der Waals surface area contributed by atoms with Crippen LogP contribution in [0.3, 0.4) is 0 Å². The van der Waals surface area contributed by atoms with Gasteiger partial charge in [-0.15, -0.1) is 0 Å². The van der Waals surface area contributed by atoms with E-state index in [1.807, 2.05) is 48.5 Å². The van der Waals surface area contributed by atoms with E-state index < -0.39 is 41.5 Å². The summed E-state index contributed by atoms with van der Waals surface area (Å²) in [6, 6.07) is 22.3. The van der Waals surface area contributed by atoms with E-state index in [9.17, 15) is 31.6 Å². The summed E-state index contributed by atoms with van der Waals surface area (Å²) in [7, 11) is -9.23. The number of benzene rings is 4. The van der Waals surface area contributed by atoms with Gasteiger partial charge in [-0.1, -0.05) is 107 Å². The minimum absolute atomic E-state index is 0. The van der Waals surface area contributed by atoms with Crippen molar-refractivity contribution in [2.75, 3.05) is 0 Å². The fourth-order valence-electron chi connectivity index (χ4n) is 5.25. The number of ether oxygens (including phenoxy) is 2. The number of phenols is 1. The molecule has 2 N–H and O–H groups in total. The molecule has 51 heavy (non-hydrogen) atoms. The van der Waals surface area contributed by atoms with Crippen LogP contribution in [0.5, 0.6) is 34.5 Å². The molecule has 0 heterocycles. The Bertz CT molecular complexity index is 1740. The van der Waals surface area contributed by atoms with Crippen LogP contribution in [-0.2, 0) is 33.1 Å². The summed E-state index contributed by atoms with van der Waals surface area (Å²) in [6.07, 6.45) is 13.6. The molecule has 4 rings (SSSR count). The summed E-state index contributed by atoms with van der Waals surface area (Å²) < 4.78 is 75.7. The quantitative estimate of drug-likeness (QED) is 0.0568. The molecule has 0 bridgehead atoms. The number of aromatic hydroxyl groups is 1. The number of hydrogen-bond donors (Lipinski definition) is 2. The second-order valence-electron chi connectivity index (χ2n) is 11.9. The monoisotopic (exact) mass is 766 g/mol. The molecule has 0 aliphatic carbocycles. The summed E-state index contributed by atoms with van der Waals surface area (Å²) >= 11 is 0. The molecule has 4 aromatic rings. The van der Waals surface area contributed by atoms with Crippen molar-refractivity contribution in [1.82, 2.24) is 0 Å². The minimum Gasteiger partial charge on any atom is -0.872 e. The molecule has 0 radical (unpaired) electrons. The zero-order valence-electron chi connectivity index (χ0n) is 29.3. The normalized spacial score (nSPS) is 11.2. The Labute approximate surface area is 332 Å². The van der Waals surface area contributed by atoms with E-state index in [0.717, 1.165) is 61.4 Å². The van der Waals surface area contributed by atoms with E-state index in [0.29, 0.717) is 17.2 Å². The first-order valence-corrected chi connectivity index (χ1v) is 19.8. The van der Waals surface area contributed by atoms with Gasteiger partial charge < -0.3 is 24.2 Å². The second kappa shape index (κ2) is 22.3. The molecule has 0 unspecified atom stereocenters. The third-order valence-electron chi connectivity index (χ3n) is 7.89.